The fraction of sp³-hybridized carbons (Fsp3) is 0.375. The van der Waals surface area contributed by atoms with E-state index in [-0.39, 0.29) is 0 Å². The zero-order valence-electron chi connectivity index (χ0n) is 6.36. The van der Waals surface area contributed by atoms with Gasteiger partial charge in [-0.15, -0.1) is 0 Å². The molecule has 0 aromatic carbocycles. The van der Waals surface area contributed by atoms with Gasteiger partial charge >= 0.3 is 0 Å². The highest BCUT2D eigenvalue weighted by molar-refractivity contribution is 5.81. The fourth-order valence-corrected chi connectivity index (χ4v) is 0.460. The molecule has 0 atom stereocenters. The van der Waals surface area contributed by atoms with Crippen molar-refractivity contribution in [2.24, 2.45) is 0 Å². The van der Waals surface area contributed by atoms with E-state index < -0.39 is 0 Å². The SMILES string of the molecule is CCC#C/C(C=N)=C/NC. The van der Waals surface area contributed by atoms with Gasteiger partial charge in [-0.1, -0.05) is 18.8 Å². The first-order chi connectivity index (χ1) is 4.85. The van der Waals surface area contributed by atoms with Gasteiger partial charge in [0, 0.05) is 25.9 Å². The van der Waals surface area contributed by atoms with E-state index in [2.05, 4.69) is 17.2 Å². The molecule has 0 bridgehead atoms. The van der Waals surface area contributed by atoms with Gasteiger partial charge in [-0.05, 0) is 0 Å². The molecule has 0 saturated carbocycles. The zero-order valence-corrected chi connectivity index (χ0v) is 6.36. The Morgan fingerprint density at radius 2 is 2.40 bits per heavy atom. The highest BCUT2D eigenvalue weighted by Gasteiger charge is 1.80. The van der Waals surface area contributed by atoms with E-state index in [4.69, 9.17) is 5.41 Å². The summed E-state index contributed by atoms with van der Waals surface area (Å²) in [5, 5.41) is 9.72. The molecule has 0 radical (unpaired) electrons. The van der Waals surface area contributed by atoms with Crippen molar-refractivity contribution in [3.63, 3.8) is 0 Å². The van der Waals surface area contributed by atoms with Gasteiger partial charge in [0.2, 0.25) is 0 Å². The summed E-state index contributed by atoms with van der Waals surface area (Å²) in [4.78, 5) is 0. The van der Waals surface area contributed by atoms with Gasteiger partial charge in [0.15, 0.2) is 0 Å². The summed E-state index contributed by atoms with van der Waals surface area (Å²) in [5.41, 5.74) is 0.712. The quantitative estimate of drug-likeness (QED) is 0.433. The van der Waals surface area contributed by atoms with Crippen LogP contribution < -0.4 is 5.32 Å². The monoisotopic (exact) mass is 136 g/mol. The standard InChI is InChI=1S/C8H12N2/c1-3-4-5-8(6-9)7-10-2/h6-7,9-10H,3H2,1-2H3/b8-7-,9-6?. The van der Waals surface area contributed by atoms with E-state index in [1.807, 2.05) is 6.92 Å². The molecule has 2 nitrogen and oxygen atoms in total. The Bertz CT molecular complexity index is 181. The van der Waals surface area contributed by atoms with Crippen LogP contribution in [0.2, 0.25) is 0 Å². The molecule has 54 valence electrons. The fourth-order valence-electron chi connectivity index (χ4n) is 0.460. The van der Waals surface area contributed by atoms with Gasteiger partial charge in [-0.25, -0.2) is 0 Å². The Kier molecular flexibility index (Phi) is 5.17. The molecule has 0 aliphatic heterocycles. The van der Waals surface area contributed by atoms with Crippen LogP contribution in [-0.2, 0) is 0 Å². The van der Waals surface area contributed by atoms with E-state index in [1.165, 1.54) is 6.21 Å². The molecule has 0 heterocycles. The number of rotatable bonds is 2. The number of hydrogen-bond donors (Lipinski definition) is 2. The topological polar surface area (TPSA) is 35.9 Å². The molecule has 2 heteroatoms. The lowest BCUT2D eigenvalue weighted by atomic mass is 10.3. The molecule has 0 aliphatic carbocycles. The minimum Gasteiger partial charge on any atom is -0.393 e. The Morgan fingerprint density at radius 3 is 2.80 bits per heavy atom. The van der Waals surface area contributed by atoms with Crippen molar-refractivity contribution in [1.82, 2.24) is 5.32 Å². The number of allylic oxidation sites excluding steroid dienone is 1. The molecule has 0 spiro atoms. The van der Waals surface area contributed by atoms with Crippen molar-refractivity contribution >= 4 is 6.21 Å². The Hall–Kier alpha value is -1.23. The second-order valence-corrected chi connectivity index (χ2v) is 1.69. The average molecular weight is 136 g/mol. The normalized spacial score (nSPS) is 9.60. The molecule has 0 saturated heterocycles. The first-order valence-corrected chi connectivity index (χ1v) is 3.22. The van der Waals surface area contributed by atoms with Gasteiger partial charge in [-0.2, -0.15) is 0 Å². The Morgan fingerprint density at radius 1 is 1.70 bits per heavy atom. The maximum absolute atomic E-state index is 6.91. The molecule has 2 N–H and O–H groups in total. The summed E-state index contributed by atoms with van der Waals surface area (Å²) in [6, 6.07) is 0. The van der Waals surface area contributed by atoms with Crippen LogP contribution in [0.3, 0.4) is 0 Å². The highest BCUT2D eigenvalue weighted by Crippen LogP contribution is 1.83. The molecular formula is C8H12N2. The maximum Gasteiger partial charge on any atom is 0.0577 e. The van der Waals surface area contributed by atoms with E-state index in [0.29, 0.717) is 5.57 Å². The van der Waals surface area contributed by atoms with Crippen LogP contribution in [0.5, 0.6) is 0 Å². The van der Waals surface area contributed by atoms with Crippen LogP contribution in [0, 0.1) is 17.3 Å². The molecule has 0 aliphatic rings. The lowest BCUT2D eigenvalue weighted by molar-refractivity contribution is 1.10. The summed E-state index contributed by atoms with van der Waals surface area (Å²) in [6.07, 6.45) is 3.77. The van der Waals surface area contributed by atoms with Crippen molar-refractivity contribution in [2.75, 3.05) is 7.05 Å². The number of hydrogen-bond acceptors (Lipinski definition) is 2. The largest absolute Gasteiger partial charge is 0.393 e. The molecule has 0 aromatic rings. The summed E-state index contributed by atoms with van der Waals surface area (Å²) >= 11 is 0. The lowest BCUT2D eigenvalue weighted by Crippen LogP contribution is -1.95. The smallest absolute Gasteiger partial charge is 0.0577 e. The van der Waals surface area contributed by atoms with Gasteiger partial charge in [0.25, 0.3) is 0 Å². The van der Waals surface area contributed by atoms with Gasteiger partial charge in [0.1, 0.15) is 0 Å². The lowest BCUT2D eigenvalue weighted by Gasteiger charge is -1.87. The van der Waals surface area contributed by atoms with E-state index in [1.54, 1.807) is 13.2 Å². The third-order valence-electron chi connectivity index (χ3n) is 0.865. The van der Waals surface area contributed by atoms with Crippen LogP contribution in [0.15, 0.2) is 11.8 Å². The van der Waals surface area contributed by atoms with Crippen molar-refractivity contribution < 1.29 is 0 Å². The summed E-state index contributed by atoms with van der Waals surface area (Å²) < 4.78 is 0. The molecule has 0 fully saturated rings. The van der Waals surface area contributed by atoms with Crippen LogP contribution >= 0.6 is 0 Å². The third kappa shape index (κ3) is 3.73. The molecule has 0 aromatic heterocycles. The minimum atomic E-state index is 0.712. The summed E-state index contributed by atoms with van der Waals surface area (Å²) in [6.45, 7) is 1.98. The first-order valence-electron chi connectivity index (χ1n) is 3.22. The third-order valence-corrected chi connectivity index (χ3v) is 0.865. The van der Waals surface area contributed by atoms with Crippen LogP contribution in [0.1, 0.15) is 13.3 Å². The average Bonchev–Trinajstić information content (AvgIpc) is 1.98. The Labute approximate surface area is 61.8 Å². The summed E-state index contributed by atoms with van der Waals surface area (Å²) in [5.74, 6) is 5.70. The second kappa shape index (κ2) is 5.90. The molecular weight excluding hydrogens is 124 g/mol. The zero-order chi connectivity index (χ0) is 7.82. The highest BCUT2D eigenvalue weighted by atomic mass is 14.8. The predicted molar refractivity (Wildman–Crippen MR) is 44.0 cm³/mol. The Balaban J connectivity index is 4.08. The van der Waals surface area contributed by atoms with E-state index in [0.717, 1.165) is 6.42 Å². The molecule has 10 heavy (non-hydrogen) atoms. The van der Waals surface area contributed by atoms with E-state index >= 15 is 0 Å². The van der Waals surface area contributed by atoms with Crippen LogP contribution in [0.4, 0.5) is 0 Å². The molecule has 0 amide bonds. The summed E-state index contributed by atoms with van der Waals surface area (Å²) in [7, 11) is 1.79. The first kappa shape index (κ1) is 8.77. The van der Waals surface area contributed by atoms with E-state index in [9.17, 15) is 0 Å². The van der Waals surface area contributed by atoms with Gasteiger partial charge < -0.3 is 10.7 Å². The van der Waals surface area contributed by atoms with Crippen molar-refractivity contribution in [3.05, 3.63) is 11.8 Å². The predicted octanol–water partition coefficient (Wildman–Crippen LogP) is 1.15. The van der Waals surface area contributed by atoms with Gasteiger partial charge in [0.05, 0.1) is 5.57 Å². The second-order valence-electron chi connectivity index (χ2n) is 1.69. The van der Waals surface area contributed by atoms with Crippen molar-refractivity contribution in [1.29, 1.82) is 5.41 Å². The van der Waals surface area contributed by atoms with Crippen molar-refractivity contribution in [3.8, 4) is 11.8 Å². The van der Waals surface area contributed by atoms with Crippen LogP contribution in [0.25, 0.3) is 0 Å². The van der Waals surface area contributed by atoms with Crippen molar-refractivity contribution in [2.45, 2.75) is 13.3 Å². The van der Waals surface area contributed by atoms with Gasteiger partial charge in [-0.3, -0.25) is 0 Å². The number of nitrogens with one attached hydrogen (secondary N) is 2. The molecule has 0 unspecified atom stereocenters. The minimum absolute atomic E-state index is 0.712. The maximum atomic E-state index is 6.91. The van der Waals surface area contributed by atoms with Crippen LogP contribution in [-0.4, -0.2) is 13.3 Å². The molecule has 0 rings (SSSR count).